The van der Waals surface area contributed by atoms with Crippen LogP contribution in [-0.2, 0) is 0 Å². The smallest absolute Gasteiger partial charge is 0.245 e. The average molecular weight is 313 g/mol. The lowest BCUT2D eigenvalue weighted by Crippen LogP contribution is -2.19. The fraction of sp³-hybridized carbons (Fsp3) is 0.467. The first-order chi connectivity index (χ1) is 11.2. The van der Waals surface area contributed by atoms with Crippen molar-refractivity contribution >= 4 is 11.6 Å². The van der Waals surface area contributed by atoms with Gasteiger partial charge in [-0.2, -0.15) is 4.52 Å². The van der Waals surface area contributed by atoms with Crippen molar-refractivity contribution in [1.29, 1.82) is 0 Å². The summed E-state index contributed by atoms with van der Waals surface area (Å²) in [5.41, 5.74) is 8.26. The number of anilines is 1. The van der Waals surface area contributed by atoms with Crippen LogP contribution in [-0.4, -0.2) is 49.1 Å². The summed E-state index contributed by atoms with van der Waals surface area (Å²) < 4.78 is 6.96. The van der Waals surface area contributed by atoms with Crippen LogP contribution in [0.1, 0.15) is 30.7 Å². The van der Waals surface area contributed by atoms with Crippen molar-refractivity contribution in [3.05, 3.63) is 23.8 Å². The maximum Gasteiger partial charge on any atom is 0.245 e. The Morgan fingerprint density at radius 2 is 2.26 bits per heavy atom. The van der Waals surface area contributed by atoms with Crippen LogP contribution in [0.2, 0.25) is 0 Å². The van der Waals surface area contributed by atoms with Crippen LogP contribution in [0, 0.1) is 6.92 Å². The number of hydrogen-bond donors (Lipinski definition) is 1. The average Bonchev–Trinajstić information content (AvgIpc) is 3.30. The summed E-state index contributed by atoms with van der Waals surface area (Å²) in [5, 5.41) is 4.59. The van der Waals surface area contributed by atoms with E-state index in [0.29, 0.717) is 23.5 Å². The summed E-state index contributed by atoms with van der Waals surface area (Å²) in [6, 6.07) is 0. The maximum absolute atomic E-state index is 6.07. The zero-order chi connectivity index (χ0) is 16.0. The second-order valence-electron chi connectivity index (χ2n) is 5.87. The lowest BCUT2D eigenvalue weighted by atomic mass is 10.1. The quantitative estimate of drug-likeness (QED) is 0.782. The van der Waals surface area contributed by atoms with Gasteiger partial charge in [-0.05, 0) is 26.4 Å². The zero-order valence-electron chi connectivity index (χ0n) is 13.2. The van der Waals surface area contributed by atoms with E-state index in [1.54, 1.807) is 10.7 Å². The van der Waals surface area contributed by atoms with Crippen LogP contribution in [0.15, 0.2) is 16.9 Å². The third-order valence-corrected chi connectivity index (χ3v) is 4.48. The third kappa shape index (κ3) is 2.26. The van der Waals surface area contributed by atoms with Crippen LogP contribution >= 0.6 is 0 Å². The topological polar surface area (TPSA) is 98.4 Å². The molecule has 4 heterocycles. The Morgan fingerprint density at radius 3 is 2.96 bits per heavy atom. The predicted octanol–water partition coefficient (Wildman–Crippen LogP) is 1.48. The summed E-state index contributed by atoms with van der Waals surface area (Å²) in [6.45, 7) is 7.25. The summed E-state index contributed by atoms with van der Waals surface area (Å²) in [4.78, 5) is 15.7. The number of nitrogen functional groups attached to an aromatic ring is 1. The Bertz CT molecular complexity index is 839. The minimum Gasteiger partial charge on any atom is -0.443 e. The molecule has 2 N–H and O–H groups in total. The molecule has 0 aromatic carbocycles. The highest BCUT2D eigenvalue weighted by molar-refractivity contribution is 5.65. The van der Waals surface area contributed by atoms with Crippen LogP contribution in [0.5, 0.6) is 0 Å². The molecule has 0 spiro atoms. The van der Waals surface area contributed by atoms with Gasteiger partial charge in [-0.15, -0.1) is 5.10 Å². The SMILES string of the molecule is CCN1CC[C@@H](c2nc3c(C)c(-c4ncco4)nc(N)n3n2)C1. The van der Waals surface area contributed by atoms with E-state index in [2.05, 4.69) is 26.9 Å². The molecule has 0 saturated carbocycles. The van der Waals surface area contributed by atoms with Crippen LogP contribution in [0.3, 0.4) is 0 Å². The molecule has 120 valence electrons. The Labute approximate surface area is 133 Å². The molecule has 1 aliphatic rings. The molecule has 3 aromatic rings. The number of aromatic nitrogens is 5. The molecular formula is C15H19N7O. The molecule has 1 fully saturated rings. The molecule has 0 unspecified atom stereocenters. The first-order valence-electron chi connectivity index (χ1n) is 7.82. The number of rotatable bonds is 3. The second-order valence-corrected chi connectivity index (χ2v) is 5.87. The number of nitrogens with zero attached hydrogens (tertiary/aromatic N) is 6. The fourth-order valence-electron chi connectivity index (χ4n) is 3.13. The highest BCUT2D eigenvalue weighted by Crippen LogP contribution is 2.28. The number of aryl methyl sites for hydroxylation is 1. The zero-order valence-corrected chi connectivity index (χ0v) is 13.2. The van der Waals surface area contributed by atoms with Gasteiger partial charge in [-0.3, -0.25) is 0 Å². The predicted molar refractivity (Wildman–Crippen MR) is 84.9 cm³/mol. The van der Waals surface area contributed by atoms with Gasteiger partial charge in [-0.25, -0.2) is 15.0 Å². The van der Waals surface area contributed by atoms with Crippen molar-refractivity contribution in [1.82, 2.24) is 29.5 Å². The van der Waals surface area contributed by atoms with Gasteiger partial charge in [0.05, 0.1) is 6.20 Å². The third-order valence-electron chi connectivity index (χ3n) is 4.48. The van der Waals surface area contributed by atoms with E-state index in [1.807, 2.05) is 6.92 Å². The number of fused-ring (bicyclic) bond motifs is 1. The number of nitrogens with two attached hydrogens (primary N) is 1. The molecular weight excluding hydrogens is 294 g/mol. The number of hydrogen-bond acceptors (Lipinski definition) is 7. The van der Waals surface area contributed by atoms with Crippen LogP contribution in [0.25, 0.3) is 17.2 Å². The van der Waals surface area contributed by atoms with Crippen molar-refractivity contribution in [2.45, 2.75) is 26.2 Å². The van der Waals surface area contributed by atoms with Crippen LogP contribution in [0.4, 0.5) is 5.95 Å². The number of likely N-dealkylation sites (N-methyl/N-ethyl adjacent to an activating group) is 1. The van der Waals surface area contributed by atoms with Crippen molar-refractivity contribution in [3.8, 4) is 11.6 Å². The Kier molecular flexibility index (Phi) is 3.26. The minimum absolute atomic E-state index is 0.294. The van der Waals surface area contributed by atoms with Crippen molar-refractivity contribution in [2.24, 2.45) is 0 Å². The van der Waals surface area contributed by atoms with Gasteiger partial charge in [0.1, 0.15) is 12.0 Å². The minimum atomic E-state index is 0.294. The van der Waals surface area contributed by atoms with Gasteiger partial charge in [0, 0.05) is 18.0 Å². The fourth-order valence-corrected chi connectivity index (χ4v) is 3.13. The first-order valence-corrected chi connectivity index (χ1v) is 7.82. The first kappa shape index (κ1) is 14.1. The molecule has 4 rings (SSSR count). The monoisotopic (exact) mass is 313 g/mol. The highest BCUT2D eigenvalue weighted by Gasteiger charge is 2.27. The largest absolute Gasteiger partial charge is 0.443 e. The molecule has 0 bridgehead atoms. The molecule has 8 nitrogen and oxygen atoms in total. The van der Waals surface area contributed by atoms with Crippen molar-refractivity contribution < 1.29 is 4.42 Å². The summed E-state index contributed by atoms with van der Waals surface area (Å²) >= 11 is 0. The summed E-state index contributed by atoms with van der Waals surface area (Å²) in [7, 11) is 0. The molecule has 0 aliphatic carbocycles. The lowest BCUT2D eigenvalue weighted by Gasteiger charge is -2.10. The van der Waals surface area contributed by atoms with Gasteiger partial charge in [0.15, 0.2) is 11.5 Å². The van der Waals surface area contributed by atoms with E-state index >= 15 is 0 Å². The van der Waals surface area contributed by atoms with Crippen LogP contribution < -0.4 is 5.73 Å². The Hall–Kier alpha value is -2.48. The van der Waals surface area contributed by atoms with E-state index in [0.717, 1.165) is 43.1 Å². The van der Waals surface area contributed by atoms with E-state index in [4.69, 9.17) is 15.1 Å². The molecule has 1 saturated heterocycles. The van der Waals surface area contributed by atoms with Gasteiger partial charge in [0.25, 0.3) is 0 Å². The summed E-state index contributed by atoms with van der Waals surface area (Å²) in [6.07, 6.45) is 4.18. The van der Waals surface area contributed by atoms with E-state index in [9.17, 15) is 0 Å². The molecule has 3 aromatic heterocycles. The lowest BCUT2D eigenvalue weighted by molar-refractivity contribution is 0.352. The molecule has 1 atom stereocenters. The second kappa shape index (κ2) is 5.31. The van der Waals surface area contributed by atoms with E-state index in [-0.39, 0.29) is 0 Å². The maximum atomic E-state index is 6.07. The Balaban J connectivity index is 1.80. The molecule has 0 radical (unpaired) electrons. The number of likely N-dealkylation sites (tertiary alicyclic amines) is 1. The molecule has 8 heteroatoms. The van der Waals surface area contributed by atoms with Gasteiger partial charge >= 0.3 is 0 Å². The van der Waals surface area contributed by atoms with Crippen molar-refractivity contribution in [3.63, 3.8) is 0 Å². The molecule has 1 aliphatic heterocycles. The van der Waals surface area contributed by atoms with E-state index < -0.39 is 0 Å². The highest BCUT2D eigenvalue weighted by atomic mass is 16.3. The molecule has 0 amide bonds. The Morgan fingerprint density at radius 1 is 1.39 bits per heavy atom. The normalized spacial score (nSPS) is 19.0. The van der Waals surface area contributed by atoms with Crippen molar-refractivity contribution in [2.75, 3.05) is 25.4 Å². The van der Waals surface area contributed by atoms with Gasteiger partial charge in [0.2, 0.25) is 11.8 Å². The van der Waals surface area contributed by atoms with Gasteiger partial charge in [-0.1, -0.05) is 6.92 Å². The molecule has 23 heavy (non-hydrogen) atoms. The summed E-state index contributed by atoms with van der Waals surface area (Å²) in [5.74, 6) is 1.92. The van der Waals surface area contributed by atoms with Gasteiger partial charge < -0.3 is 15.1 Å². The van der Waals surface area contributed by atoms with E-state index in [1.165, 1.54) is 6.26 Å². The number of oxazole rings is 1. The standard InChI is InChI=1S/C15H19N7O/c1-3-21-6-4-10(8-21)12-19-13-9(2)11(14-17-5-7-23-14)18-15(16)22(13)20-12/h5,7,10H,3-4,6,8H2,1-2H3,(H2,16,18)/t10-/m1/s1.